The number of aryl methyl sites for hydroxylation is 1. The normalized spacial score (nSPS) is 11.3. The molecule has 0 radical (unpaired) electrons. The molecule has 2 aromatic rings. The van der Waals surface area contributed by atoms with Crippen LogP contribution in [0.2, 0.25) is 10.3 Å². The van der Waals surface area contributed by atoms with Crippen molar-refractivity contribution in [3.05, 3.63) is 32.0 Å². The molecule has 1 N–H and O–H groups in total. The molecule has 0 saturated carbocycles. The van der Waals surface area contributed by atoms with E-state index in [1.807, 2.05) is 0 Å². The summed E-state index contributed by atoms with van der Waals surface area (Å²) >= 11 is 13.2. The third-order valence-electron chi connectivity index (χ3n) is 4.21. The Labute approximate surface area is 195 Å². The van der Waals surface area contributed by atoms with Crippen LogP contribution in [0, 0.1) is 6.92 Å². The summed E-state index contributed by atoms with van der Waals surface area (Å²) in [6.07, 6.45) is -3.54. The maximum absolute atomic E-state index is 12.2. The number of aromatic nitrogens is 3. The smallest absolute Gasteiger partial charge is 0.464 e. The van der Waals surface area contributed by atoms with E-state index < -0.39 is 24.7 Å². The largest absolute Gasteiger partial charge is 0.490 e. The van der Waals surface area contributed by atoms with Crippen LogP contribution in [0.15, 0.2) is 0 Å². The average molecular weight is 515 g/mol. The highest BCUT2D eigenvalue weighted by Gasteiger charge is 2.40. The number of ether oxygens (including phenoxy) is 2. The van der Waals surface area contributed by atoms with Gasteiger partial charge in [-0.15, -0.1) is 21.5 Å². The molecule has 0 amide bonds. The Morgan fingerprint density at radius 1 is 1.12 bits per heavy atom. The fourth-order valence-corrected chi connectivity index (χ4v) is 4.03. The summed E-state index contributed by atoms with van der Waals surface area (Å²) in [6.45, 7) is 1.85. The lowest BCUT2D eigenvalue weighted by Gasteiger charge is -2.08. The molecule has 2 heterocycles. The summed E-state index contributed by atoms with van der Waals surface area (Å²) in [4.78, 5) is 27.4. The van der Waals surface area contributed by atoms with Crippen LogP contribution in [0.5, 0.6) is 0 Å². The molecule has 0 fully saturated rings. The summed E-state index contributed by atoms with van der Waals surface area (Å²) in [5.41, 5.74) is 1.60. The van der Waals surface area contributed by atoms with Gasteiger partial charge in [0.25, 0.3) is 0 Å². The Balaban J connectivity index is 1.92. The summed E-state index contributed by atoms with van der Waals surface area (Å²) < 4.78 is 45.4. The van der Waals surface area contributed by atoms with Crippen molar-refractivity contribution >= 4 is 51.6 Å². The number of rotatable bonds is 10. The van der Waals surface area contributed by atoms with Crippen LogP contribution in [0.3, 0.4) is 0 Å². The third kappa shape index (κ3) is 7.17. The molecule has 0 aromatic carbocycles. The number of thiazole rings is 1. The van der Waals surface area contributed by atoms with E-state index in [2.05, 4.69) is 25.2 Å². The van der Waals surface area contributed by atoms with Gasteiger partial charge in [-0.25, -0.2) is 14.6 Å². The zero-order chi connectivity index (χ0) is 23.9. The lowest BCUT2D eigenvalue weighted by Crippen LogP contribution is -2.25. The first-order valence-corrected chi connectivity index (χ1v) is 10.8. The summed E-state index contributed by atoms with van der Waals surface area (Å²) in [7, 11) is 1.20. The van der Waals surface area contributed by atoms with Crippen LogP contribution < -0.4 is 5.32 Å². The number of alkyl halides is 3. The second-order valence-electron chi connectivity index (χ2n) is 6.44. The molecule has 8 nitrogen and oxygen atoms in total. The van der Waals surface area contributed by atoms with Crippen molar-refractivity contribution < 1.29 is 32.2 Å². The van der Waals surface area contributed by atoms with Gasteiger partial charge in [-0.1, -0.05) is 23.2 Å². The minimum Gasteiger partial charge on any atom is -0.464 e. The number of hydrogen-bond acceptors (Lipinski definition) is 9. The second kappa shape index (κ2) is 11.6. The van der Waals surface area contributed by atoms with Gasteiger partial charge in [0.15, 0.2) is 21.1 Å². The Bertz CT molecular complexity index is 972. The number of nitrogens with zero attached hydrogens (tertiary/aromatic N) is 3. The van der Waals surface area contributed by atoms with Crippen molar-refractivity contribution in [2.24, 2.45) is 0 Å². The number of hydrogen-bond donors (Lipinski definition) is 1. The van der Waals surface area contributed by atoms with Gasteiger partial charge in [0.05, 0.1) is 13.7 Å². The molecule has 0 aliphatic carbocycles. The highest BCUT2D eigenvalue weighted by Crippen LogP contribution is 2.26. The van der Waals surface area contributed by atoms with Crippen molar-refractivity contribution in [3.8, 4) is 0 Å². The van der Waals surface area contributed by atoms with Gasteiger partial charge < -0.3 is 14.8 Å². The van der Waals surface area contributed by atoms with Gasteiger partial charge in [-0.3, -0.25) is 0 Å². The topological polar surface area (TPSA) is 103 Å². The van der Waals surface area contributed by atoms with Crippen molar-refractivity contribution in [3.63, 3.8) is 0 Å². The molecule has 0 spiro atoms. The fourth-order valence-electron chi connectivity index (χ4n) is 2.59. The molecule has 0 bridgehead atoms. The maximum Gasteiger partial charge on any atom is 0.490 e. The highest BCUT2D eigenvalue weighted by atomic mass is 35.5. The monoisotopic (exact) mass is 514 g/mol. The molecule has 176 valence electrons. The van der Waals surface area contributed by atoms with Crippen molar-refractivity contribution in [1.82, 2.24) is 15.2 Å². The molecule has 0 unspecified atom stereocenters. The zero-order valence-electron chi connectivity index (χ0n) is 17.0. The Hall–Kier alpha value is -2.18. The Morgan fingerprint density at radius 2 is 1.81 bits per heavy atom. The van der Waals surface area contributed by atoms with E-state index in [-0.39, 0.29) is 28.8 Å². The molecule has 2 aromatic heterocycles. The van der Waals surface area contributed by atoms with Gasteiger partial charge >= 0.3 is 18.1 Å². The first-order valence-electron chi connectivity index (χ1n) is 9.27. The standard InChI is InChI=1S/C18H19Cl2F3N4O4S/c1-9-10(14(20)27-26-13(9)19)5-3-7-24-17-25-12(15(28)30-2)11(32-17)6-4-8-31-16(29)18(21,22)23/h3-8H2,1-2H3,(H,24,25). The summed E-state index contributed by atoms with van der Waals surface area (Å²) in [6, 6.07) is 0. The van der Waals surface area contributed by atoms with E-state index >= 15 is 0 Å². The Morgan fingerprint density at radius 3 is 2.47 bits per heavy atom. The van der Waals surface area contributed by atoms with E-state index in [0.29, 0.717) is 29.4 Å². The molecule has 0 aliphatic heterocycles. The van der Waals surface area contributed by atoms with Crippen molar-refractivity contribution in [2.45, 2.75) is 38.8 Å². The van der Waals surface area contributed by atoms with Crippen LogP contribution in [0.1, 0.15) is 39.3 Å². The van der Waals surface area contributed by atoms with Gasteiger partial charge in [0, 0.05) is 11.4 Å². The van der Waals surface area contributed by atoms with Crippen LogP contribution in [0.4, 0.5) is 18.3 Å². The van der Waals surface area contributed by atoms with Crippen molar-refractivity contribution in [1.29, 1.82) is 0 Å². The van der Waals surface area contributed by atoms with E-state index in [9.17, 15) is 22.8 Å². The first kappa shape index (κ1) is 26.1. The Kier molecular flexibility index (Phi) is 9.47. The molecule has 0 saturated heterocycles. The molecule has 14 heteroatoms. The average Bonchev–Trinajstić information content (AvgIpc) is 3.14. The minimum atomic E-state index is -5.04. The molecule has 0 aliphatic rings. The zero-order valence-corrected chi connectivity index (χ0v) is 19.3. The second-order valence-corrected chi connectivity index (χ2v) is 8.23. The molecule has 0 atom stereocenters. The maximum atomic E-state index is 12.2. The molecule has 32 heavy (non-hydrogen) atoms. The van der Waals surface area contributed by atoms with Crippen molar-refractivity contribution in [2.75, 3.05) is 25.6 Å². The van der Waals surface area contributed by atoms with Gasteiger partial charge in [-0.2, -0.15) is 13.2 Å². The van der Waals surface area contributed by atoms with Gasteiger partial charge in [0.1, 0.15) is 0 Å². The number of esters is 2. The fraction of sp³-hybridized carbons (Fsp3) is 0.500. The summed E-state index contributed by atoms with van der Waals surface area (Å²) in [5, 5.41) is 11.6. The van der Waals surface area contributed by atoms with E-state index in [4.69, 9.17) is 27.9 Å². The van der Waals surface area contributed by atoms with E-state index in [1.54, 1.807) is 6.92 Å². The lowest BCUT2D eigenvalue weighted by molar-refractivity contribution is -0.199. The minimum absolute atomic E-state index is 0.0613. The highest BCUT2D eigenvalue weighted by molar-refractivity contribution is 7.15. The van der Waals surface area contributed by atoms with Crippen LogP contribution in [0.25, 0.3) is 0 Å². The number of carbonyl (C=O) groups excluding carboxylic acids is 2. The number of methoxy groups -OCH3 is 1. The summed E-state index contributed by atoms with van der Waals surface area (Å²) in [5.74, 6) is -2.92. The van der Waals surface area contributed by atoms with Gasteiger partial charge in [-0.05, 0) is 43.7 Å². The van der Waals surface area contributed by atoms with Gasteiger partial charge in [0.2, 0.25) is 0 Å². The predicted octanol–water partition coefficient (Wildman–Crippen LogP) is 4.42. The van der Waals surface area contributed by atoms with Crippen LogP contribution in [-0.2, 0) is 27.1 Å². The number of anilines is 1. The number of carbonyl (C=O) groups is 2. The SMILES string of the molecule is COC(=O)c1nc(NCCCc2c(Cl)nnc(Cl)c2C)sc1CCCOC(=O)C(F)(F)F. The quantitative estimate of drug-likeness (QED) is 0.367. The molecular weight excluding hydrogens is 496 g/mol. The predicted molar refractivity (Wildman–Crippen MR) is 112 cm³/mol. The number of halogens is 5. The molecule has 2 rings (SSSR count). The van der Waals surface area contributed by atoms with Crippen LogP contribution >= 0.6 is 34.5 Å². The number of nitrogens with one attached hydrogen (secondary N) is 1. The third-order valence-corrected chi connectivity index (χ3v) is 5.94. The van der Waals surface area contributed by atoms with E-state index in [1.165, 1.54) is 18.4 Å². The molecular formula is C18H19Cl2F3N4O4S. The van der Waals surface area contributed by atoms with E-state index in [0.717, 1.165) is 11.1 Å². The first-order chi connectivity index (χ1) is 15.0. The van der Waals surface area contributed by atoms with Crippen LogP contribution in [-0.4, -0.2) is 53.6 Å². The lowest BCUT2D eigenvalue weighted by atomic mass is 10.1.